The number of halogens is 1. The van der Waals surface area contributed by atoms with Gasteiger partial charge in [0.05, 0.1) is 29.0 Å². The Morgan fingerprint density at radius 3 is 2.44 bits per heavy atom. The molecule has 2 aliphatic rings. The summed E-state index contributed by atoms with van der Waals surface area (Å²) in [5, 5.41) is 7.77. The molecule has 5 rings (SSSR count). The molecule has 204 valence electrons. The lowest BCUT2D eigenvalue weighted by Crippen LogP contribution is -2.54. The zero-order chi connectivity index (χ0) is 28.1. The number of carbonyl (C=O) groups is 3. The molecule has 0 aliphatic carbocycles. The van der Waals surface area contributed by atoms with E-state index in [0.717, 1.165) is 4.90 Å². The van der Waals surface area contributed by atoms with Crippen LogP contribution in [0.4, 0.5) is 14.9 Å². The minimum Gasteiger partial charge on any atom is -0.372 e. The number of nitrogens with zero attached hydrogens (tertiary/aromatic N) is 4. The number of ether oxygens (including phenoxy) is 1. The molecule has 2 aromatic carbocycles. The lowest BCUT2D eigenvalue weighted by Gasteiger charge is -2.37. The highest BCUT2D eigenvalue weighted by atomic mass is 19.1. The molecular formula is C28H30FN5O5. The molecule has 0 saturated carbocycles. The molecule has 3 aromatic rings. The van der Waals surface area contributed by atoms with Gasteiger partial charge in [-0.1, -0.05) is 24.3 Å². The van der Waals surface area contributed by atoms with E-state index in [1.807, 2.05) is 13.8 Å². The van der Waals surface area contributed by atoms with Crippen LogP contribution < -0.4 is 10.5 Å². The molecule has 2 aliphatic heterocycles. The molecule has 0 radical (unpaired) electrons. The maximum atomic E-state index is 15.1. The van der Waals surface area contributed by atoms with Crippen LogP contribution in [0, 0.1) is 5.82 Å². The smallest absolute Gasteiger partial charge is 0.332 e. The summed E-state index contributed by atoms with van der Waals surface area (Å²) >= 11 is 0. The van der Waals surface area contributed by atoms with Crippen molar-refractivity contribution in [2.45, 2.75) is 51.9 Å². The van der Waals surface area contributed by atoms with E-state index >= 15 is 4.39 Å². The van der Waals surface area contributed by atoms with E-state index in [1.165, 1.54) is 17.0 Å². The molecule has 39 heavy (non-hydrogen) atoms. The minimum absolute atomic E-state index is 0.149. The predicted octanol–water partition coefficient (Wildman–Crippen LogP) is 2.84. The summed E-state index contributed by atoms with van der Waals surface area (Å²) in [5.74, 6) is -1.69. The van der Waals surface area contributed by atoms with E-state index in [-0.39, 0.29) is 42.3 Å². The second-order valence-corrected chi connectivity index (χ2v) is 10.6. The Bertz CT molecular complexity index is 1530. The average molecular weight is 536 g/mol. The first kappa shape index (κ1) is 26.5. The lowest BCUT2D eigenvalue weighted by atomic mass is 10.0. The summed E-state index contributed by atoms with van der Waals surface area (Å²) < 4.78 is 20.8. The number of amides is 4. The van der Waals surface area contributed by atoms with Crippen LogP contribution in [0.1, 0.15) is 39.0 Å². The topological polar surface area (TPSA) is 116 Å². The first-order valence-corrected chi connectivity index (χ1v) is 12.8. The molecular weight excluding hydrogens is 505 g/mol. The number of aromatic amines is 1. The van der Waals surface area contributed by atoms with E-state index in [9.17, 15) is 19.2 Å². The number of aromatic nitrogens is 2. The maximum absolute atomic E-state index is 15.1. The van der Waals surface area contributed by atoms with E-state index in [1.54, 1.807) is 49.1 Å². The van der Waals surface area contributed by atoms with Gasteiger partial charge >= 0.3 is 6.03 Å². The van der Waals surface area contributed by atoms with E-state index < -0.39 is 23.3 Å². The van der Waals surface area contributed by atoms with E-state index in [4.69, 9.17) is 4.74 Å². The van der Waals surface area contributed by atoms with Gasteiger partial charge in [0.1, 0.15) is 17.9 Å². The molecule has 0 bridgehead atoms. The number of benzene rings is 2. The molecule has 2 atom stereocenters. The lowest BCUT2D eigenvalue weighted by molar-refractivity contribution is -0.144. The zero-order valence-corrected chi connectivity index (χ0v) is 22.2. The third-order valence-corrected chi connectivity index (χ3v) is 7.29. The number of anilines is 1. The van der Waals surface area contributed by atoms with Crippen LogP contribution in [0.15, 0.2) is 47.3 Å². The molecule has 0 spiro atoms. The molecule has 2 saturated heterocycles. The van der Waals surface area contributed by atoms with Crippen LogP contribution in [0.25, 0.3) is 10.8 Å². The molecule has 0 unspecified atom stereocenters. The Balaban J connectivity index is 1.43. The van der Waals surface area contributed by atoms with Crippen molar-refractivity contribution in [3.8, 4) is 0 Å². The fourth-order valence-corrected chi connectivity index (χ4v) is 5.27. The summed E-state index contributed by atoms with van der Waals surface area (Å²) in [4.78, 5) is 55.9. The fourth-order valence-electron chi connectivity index (χ4n) is 5.27. The normalized spacial score (nSPS) is 21.2. The van der Waals surface area contributed by atoms with Gasteiger partial charge < -0.3 is 14.5 Å². The Hall–Kier alpha value is -4.12. The van der Waals surface area contributed by atoms with Crippen molar-refractivity contribution in [2.24, 2.45) is 0 Å². The number of rotatable bonds is 5. The van der Waals surface area contributed by atoms with Gasteiger partial charge in [-0.15, -0.1) is 0 Å². The fraction of sp³-hybridized carbons (Fsp3) is 0.393. The highest BCUT2D eigenvalue weighted by molar-refractivity contribution is 6.23. The first-order valence-electron chi connectivity index (χ1n) is 12.8. The summed E-state index contributed by atoms with van der Waals surface area (Å²) in [7, 11) is 0. The number of morpholine rings is 1. The molecule has 10 nitrogen and oxygen atoms in total. The second kappa shape index (κ2) is 9.88. The molecule has 3 heterocycles. The van der Waals surface area contributed by atoms with Gasteiger partial charge in [-0.05, 0) is 51.5 Å². The first-order chi connectivity index (χ1) is 18.5. The van der Waals surface area contributed by atoms with E-state index in [0.29, 0.717) is 35.1 Å². The van der Waals surface area contributed by atoms with Gasteiger partial charge in [0.15, 0.2) is 0 Å². The van der Waals surface area contributed by atoms with Crippen molar-refractivity contribution in [3.63, 3.8) is 0 Å². The highest BCUT2D eigenvalue weighted by Crippen LogP contribution is 2.34. The number of hydrogen-bond acceptors (Lipinski definition) is 6. The van der Waals surface area contributed by atoms with Crippen molar-refractivity contribution >= 4 is 34.3 Å². The molecule has 4 amide bonds. The number of hydrogen-bond donors (Lipinski definition) is 1. The molecule has 1 aromatic heterocycles. The van der Waals surface area contributed by atoms with Crippen molar-refractivity contribution in [2.75, 3.05) is 24.5 Å². The highest BCUT2D eigenvalue weighted by Gasteiger charge is 2.53. The summed E-state index contributed by atoms with van der Waals surface area (Å²) in [5.41, 5.74) is -0.744. The van der Waals surface area contributed by atoms with Gasteiger partial charge in [-0.2, -0.15) is 5.10 Å². The number of nitrogens with one attached hydrogen (secondary N) is 1. The number of carbonyl (C=O) groups excluding carboxylic acids is 3. The molecule has 2 fully saturated rings. The van der Waals surface area contributed by atoms with Crippen molar-refractivity contribution in [1.82, 2.24) is 20.0 Å². The number of imide groups is 1. The Morgan fingerprint density at radius 2 is 1.74 bits per heavy atom. The van der Waals surface area contributed by atoms with Crippen molar-refractivity contribution in [3.05, 3.63) is 69.9 Å². The maximum Gasteiger partial charge on any atom is 0.332 e. The Morgan fingerprint density at radius 1 is 1.08 bits per heavy atom. The number of H-pyrrole nitrogens is 1. The molecule has 1 N–H and O–H groups in total. The Labute approximate surface area is 224 Å². The van der Waals surface area contributed by atoms with Crippen LogP contribution in [0.3, 0.4) is 0 Å². The minimum atomic E-state index is -1.37. The van der Waals surface area contributed by atoms with Gasteiger partial charge in [0, 0.05) is 24.9 Å². The summed E-state index contributed by atoms with van der Waals surface area (Å²) in [6.45, 7) is 7.27. The van der Waals surface area contributed by atoms with Gasteiger partial charge in [-0.25, -0.2) is 19.2 Å². The zero-order valence-electron chi connectivity index (χ0n) is 22.2. The van der Waals surface area contributed by atoms with Crippen LogP contribution >= 0.6 is 0 Å². The van der Waals surface area contributed by atoms with Crippen molar-refractivity contribution in [1.29, 1.82) is 0 Å². The van der Waals surface area contributed by atoms with Crippen LogP contribution in [-0.4, -0.2) is 75.2 Å². The standard InChI is InChI=1S/C28H30FN5O5/c1-16-13-32(14-17(2)39-16)24(35)15-33-27(38)34(26(37)28(33,3)4)23-12-18(9-10-21(23)29)11-22-19-7-5-6-8-20(19)25(36)31-30-22/h5-10,12,16-17H,11,13-15H2,1-4H3,(H,31,36)/t16-,17+. The quantitative estimate of drug-likeness (QED) is 0.503. The molecule has 11 heteroatoms. The predicted molar refractivity (Wildman–Crippen MR) is 142 cm³/mol. The number of fused-ring (bicyclic) bond motifs is 1. The number of urea groups is 1. The van der Waals surface area contributed by atoms with Gasteiger partial charge in [-0.3, -0.25) is 14.4 Å². The van der Waals surface area contributed by atoms with E-state index in [2.05, 4.69) is 10.2 Å². The third kappa shape index (κ3) is 4.78. The van der Waals surface area contributed by atoms with Crippen LogP contribution in [0.2, 0.25) is 0 Å². The summed E-state index contributed by atoms with van der Waals surface area (Å²) in [6, 6.07) is 10.4. The van der Waals surface area contributed by atoms with Crippen LogP contribution in [0.5, 0.6) is 0 Å². The summed E-state index contributed by atoms with van der Waals surface area (Å²) in [6.07, 6.45) is -0.0761. The average Bonchev–Trinajstić information content (AvgIpc) is 3.05. The second-order valence-electron chi connectivity index (χ2n) is 10.6. The largest absolute Gasteiger partial charge is 0.372 e. The van der Waals surface area contributed by atoms with Crippen LogP contribution in [-0.2, 0) is 20.7 Å². The van der Waals surface area contributed by atoms with Gasteiger partial charge in [0.25, 0.3) is 11.5 Å². The van der Waals surface area contributed by atoms with Gasteiger partial charge in [0.2, 0.25) is 5.91 Å². The third-order valence-electron chi connectivity index (χ3n) is 7.29. The van der Waals surface area contributed by atoms with Crippen molar-refractivity contribution < 1.29 is 23.5 Å². The monoisotopic (exact) mass is 535 g/mol. The SMILES string of the molecule is C[C@@H]1CN(C(=O)CN2C(=O)N(c3cc(Cc4n[nH]c(=O)c5ccccc45)ccc3F)C(=O)C2(C)C)C[C@H](C)O1. The Kier molecular flexibility index (Phi) is 6.71.